The van der Waals surface area contributed by atoms with Gasteiger partial charge in [-0.2, -0.15) is 0 Å². The average Bonchev–Trinajstić information content (AvgIpc) is 2.61. The summed E-state index contributed by atoms with van der Waals surface area (Å²) in [6.07, 6.45) is 7.07. The highest BCUT2D eigenvalue weighted by Crippen LogP contribution is 2.37. The molecule has 0 saturated heterocycles. The Balaban J connectivity index is 1.74. The van der Waals surface area contributed by atoms with E-state index >= 15 is 0 Å². The second-order valence-electron chi connectivity index (χ2n) is 6.90. The zero-order valence-electron chi connectivity index (χ0n) is 14.6. The van der Waals surface area contributed by atoms with Crippen molar-refractivity contribution < 1.29 is 4.79 Å². The number of hydrogen-bond acceptors (Lipinski definition) is 2. The third-order valence-corrected chi connectivity index (χ3v) is 5.17. The molecule has 0 bridgehead atoms. The first-order chi connectivity index (χ1) is 11.6. The maximum absolute atomic E-state index is 12.0. The van der Waals surface area contributed by atoms with E-state index in [4.69, 9.17) is 0 Å². The van der Waals surface area contributed by atoms with E-state index in [1.165, 1.54) is 31.2 Å². The average molecular weight is 322 g/mol. The van der Waals surface area contributed by atoms with Crippen molar-refractivity contribution in [1.29, 1.82) is 0 Å². The van der Waals surface area contributed by atoms with Crippen LogP contribution in [0.5, 0.6) is 0 Å². The molecule has 2 unspecified atom stereocenters. The summed E-state index contributed by atoms with van der Waals surface area (Å²) in [7, 11) is 0. The van der Waals surface area contributed by atoms with Crippen molar-refractivity contribution in [2.24, 2.45) is 5.92 Å². The number of amides is 1. The van der Waals surface area contributed by atoms with Crippen LogP contribution >= 0.6 is 0 Å². The molecule has 3 nitrogen and oxygen atoms in total. The largest absolute Gasteiger partial charge is 0.293 e. The topological polar surface area (TPSA) is 33.2 Å². The Bertz CT molecular complexity index is 666. The lowest BCUT2D eigenvalue weighted by Crippen LogP contribution is -2.28. The molecule has 3 rings (SSSR count). The Morgan fingerprint density at radius 2 is 1.88 bits per heavy atom. The molecule has 1 aliphatic carbocycles. The van der Waals surface area contributed by atoms with Crippen molar-refractivity contribution in [3.63, 3.8) is 0 Å². The number of nitrogens with zero attached hydrogens (tertiary/aromatic N) is 2. The van der Waals surface area contributed by atoms with E-state index in [1.54, 1.807) is 18.0 Å². The number of anilines is 1. The van der Waals surface area contributed by atoms with Crippen LogP contribution in [0.4, 0.5) is 5.82 Å². The molecule has 1 saturated carbocycles. The number of rotatable bonds is 4. The summed E-state index contributed by atoms with van der Waals surface area (Å²) in [5, 5.41) is 0. The molecule has 0 spiro atoms. The van der Waals surface area contributed by atoms with Gasteiger partial charge in [-0.1, -0.05) is 56.5 Å². The molecule has 1 aliphatic rings. The SMILES string of the molecule is CC(=O)N(Cc1ccc(C2CCCCC2C)cc1)c1ccccn1. The maximum Gasteiger partial charge on any atom is 0.225 e. The molecule has 0 N–H and O–H groups in total. The van der Waals surface area contributed by atoms with Crippen LogP contribution in [0.2, 0.25) is 0 Å². The molecule has 2 aromatic rings. The third kappa shape index (κ3) is 3.84. The summed E-state index contributed by atoms with van der Waals surface area (Å²) >= 11 is 0. The zero-order chi connectivity index (χ0) is 16.9. The van der Waals surface area contributed by atoms with Gasteiger partial charge in [0, 0.05) is 13.1 Å². The summed E-state index contributed by atoms with van der Waals surface area (Å²) < 4.78 is 0. The van der Waals surface area contributed by atoms with Crippen molar-refractivity contribution in [2.45, 2.75) is 52.0 Å². The molecule has 2 atom stereocenters. The van der Waals surface area contributed by atoms with Crippen molar-refractivity contribution in [3.8, 4) is 0 Å². The second-order valence-corrected chi connectivity index (χ2v) is 6.90. The van der Waals surface area contributed by atoms with Gasteiger partial charge < -0.3 is 0 Å². The van der Waals surface area contributed by atoms with Gasteiger partial charge in [-0.25, -0.2) is 4.98 Å². The first-order valence-corrected chi connectivity index (χ1v) is 8.93. The Morgan fingerprint density at radius 1 is 1.12 bits per heavy atom. The first kappa shape index (κ1) is 16.7. The van der Waals surface area contributed by atoms with Gasteiger partial charge in [0.05, 0.1) is 6.54 Å². The molecule has 1 aromatic heterocycles. The van der Waals surface area contributed by atoms with Gasteiger partial charge in [0.2, 0.25) is 5.91 Å². The maximum atomic E-state index is 12.0. The van der Waals surface area contributed by atoms with Gasteiger partial charge in [-0.15, -0.1) is 0 Å². The molecule has 126 valence electrons. The van der Waals surface area contributed by atoms with Crippen LogP contribution in [-0.2, 0) is 11.3 Å². The molecular weight excluding hydrogens is 296 g/mol. The predicted octanol–water partition coefficient (Wildman–Crippen LogP) is 4.93. The van der Waals surface area contributed by atoms with Crippen molar-refractivity contribution >= 4 is 11.7 Å². The molecule has 24 heavy (non-hydrogen) atoms. The van der Waals surface area contributed by atoms with Crippen LogP contribution in [0.3, 0.4) is 0 Å². The van der Waals surface area contributed by atoms with Crippen LogP contribution in [0.1, 0.15) is 56.6 Å². The number of pyridine rings is 1. The monoisotopic (exact) mass is 322 g/mol. The highest BCUT2D eigenvalue weighted by atomic mass is 16.2. The molecule has 1 heterocycles. The first-order valence-electron chi connectivity index (χ1n) is 8.93. The second kappa shape index (κ2) is 7.61. The van der Waals surface area contributed by atoms with E-state index in [-0.39, 0.29) is 5.91 Å². The molecule has 0 aliphatic heterocycles. The predicted molar refractivity (Wildman–Crippen MR) is 97.9 cm³/mol. The molecular formula is C21H26N2O. The summed E-state index contributed by atoms with van der Waals surface area (Å²) in [5.41, 5.74) is 2.58. The molecule has 0 radical (unpaired) electrons. The minimum atomic E-state index is 0.0127. The number of hydrogen-bond donors (Lipinski definition) is 0. The molecule has 3 heteroatoms. The van der Waals surface area contributed by atoms with Crippen LogP contribution in [0, 0.1) is 5.92 Å². The fraction of sp³-hybridized carbons (Fsp3) is 0.429. The minimum Gasteiger partial charge on any atom is -0.293 e. The van der Waals surface area contributed by atoms with Crippen LogP contribution in [0.25, 0.3) is 0 Å². The van der Waals surface area contributed by atoms with Gasteiger partial charge in [-0.3, -0.25) is 9.69 Å². The van der Waals surface area contributed by atoms with Crippen molar-refractivity contribution in [1.82, 2.24) is 4.98 Å². The molecule has 1 amide bonds. The van der Waals surface area contributed by atoms with E-state index in [9.17, 15) is 4.79 Å². The normalized spacial score (nSPS) is 20.6. The summed E-state index contributed by atoms with van der Waals surface area (Å²) in [6, 6.07) is 14.5. The Morgan fingerprint density at radius 3 is 2.50 bits per heavy atom. The molecule has 1 aromatic carbocycles. The van der Waals surface area contributed by atoms with E-state index in [0.717, 1.165) is 11.5 Å². The highest BCUT2D eigenvalue weighted by molar-refractivity contribution is 5.90. The smallest absolute Gasteiger partial charge is 0.225 e. The van der Waals surface area contributed by atoms with E-state index < -0.39 is 0 Å². The van der Waals surface area contributed by atoms with E-state index in [1.807, 2.05) is 18.2 Å². The van der Waals surface area contributed by atoms with E-state index in [0.29, 0.717) is 18.3 Å². The van der Waals surface area contributed by atoms with Gasteiger partial charge in [0.25, 0.3) is 0 Å². The van der Waals surface area contributed by atoms with Crippen molar-refractivity contribution in [2.75, 3.05) is 4.90 Å². The highest BCUT2D eigenvalue weighted by Gasteiger charge is 2.22. The fourth-order valence-corrected chi connectivity index (χ4v) is 3.73. The third-order valence-electron chi connectivity index (χ3n) is 5.17. The van der Waals surface area contributed by atoms with Crippen LogP contribution in [-0.4, -0.2) is 10.9 Å². The van der Waals surface area contributed by atoms with Crippen molar-refractivity contribution in [3.05, 3.63) is 59.8 Å². The lowest BCUT2D eigenvalue weighted by atomic mass is 9.76. The van der Waals surface area contributed by atoms with Gasteiger partial charge in [0.15, 0.2) is 0 Å². The van der Waals surface area contributed by atoms with E-state index in [2.05, 4.69) is 36.2 Å². The summed E-state index contributed by atoms with van der Waals surface area (Å²) in [6.45, 7) is 4.52. The zero-order valence-corrected chi connectivity index (χ0v) is 14.6. The minimum absolute atomic E-state index is 0.0127. The Hall–Kier alpha value is -2.16. The van der Waals surface area contributed by atoms with Gasteiger partial charge >= 0.3 is 0 Å². The molecule has 1 fully saturated rings. The lowest BCUT2D eigenvalue weighted by Gasteiger charge is -2.29. The van der Waals surface area contributed by atoms with Crippen LogP contribution in [0.15, 0.2) is 48.7 Å². The number of carbonyl (C=O) groups excluding carboxylic acids is 1. The van der Waals surface area contributed by atoms with Crippen LogP contribution < -0.4 is 4.90 Å². The number of aromatic nitrogens is 1. The standard InChI is InChI=1S/C21H26N2O/c1-16-7-3-4-8-20(16)19-12-10-18(11-13-19)15-23(17(2)24)21-9-5-6-14-22-21/h5-6,9-14,16,20H,3-4,7-8,15H2,1-2H3. The number of benzene rings is 1. The Kier molecular flexibility index (Phi) is 5.29. The summed E-state index contributed by atoms with van der Waals surface area (Å²) in [5.74, 6) is 2.17. The fourth-order valence-electron chi connectivity index (χ4n) is 3.73. The quantitative estimate of drug-likeness (QED) is 0.799. The Labute approximate surface area is 144 Å². The number of carbonyl (C=O) groups is 1. The van der Waals surface area contributed by atoms with Gasteiger partial charge in [-0.05, 0) is 41.5 Å². The lowest BCUT2D eigenvalue weighted by molar-refractivity contribution is -0.116. The summed E-state index contributed by atoms with van der Waals surface area (Å²) in [4.78, 5) is 18.0. The van der Waals surface area contributed by atoms with Gasteiger partial charge in [0.1, 0.15) is 5.82 Å².